The van der Waals surface area contributed by atoms with E-state index in [9.17, 15) is 9.59 Å². The number of fused-ring (bicyclic) bond motifs is 5. The van der Waals surface area contributed by atoms with E-state index in [1.165, 1.54) is 13.5 Å². The molecule has 252 valence electrons. The molecule has 0 bridgehead atoms. The number of methoxy groups -OCH3 is 1. The zero-order chi connectivity index (χ0) is 33.6. The van der Waals surface area contributed by atoms with Crippen molar-refractivity contribution in [1.29, 1.82) is 0 Å². The zero-order valence-electron chi connectivity index (χ0n) is 28.0. The molecule has 3 atom stereocenters. The van der Waals surface area contributed by atoms with Gasteiger partial charge in [-0.25, -0.2) is 14.8 Å². The molecular weight excluding hydrogens is 618 g/mol. The average Bonchev–Trinajstić information content (AvgIpc) is 3.96. The number of hydrogen-bond acceptors (Lipinski definition) is 7. The van der Waals surface area contributed by atoms with Gasteiger partial charge in [0.05, 0.1) is 43.0 Å². The molecule has 0 saturated carbocycles. The van der Waals surface area contributed by atoms with Crippen molar-refractivity contribution in [2.75, 3.05) is 20.2 Å². The highest BCUT2D eigenvalue weighted by atomic mass is 16.5. The van der Waals surface area contributed by atoms with Crippen LogP contribution in [0.4, 0.5) is 4.79 Å². The smallest absolute Gasteiger partial charge is 0.407 e. The number of nitrogens with one attached hydrogen (secondary N) is 4. The molecule has 2 fully saturated rings. The second-order valence-corrected chi connectivity index (χ2v) is 13.6. The molecule has 2 aromatic heterocycles. The Morgan fingerprint density at radius 1 is 0.939 bits per heavy atom. The fourth-order valence-corrected chi connectivity index (χ4v) is 7.55. The predicted molar refractivity (Wildman–Crippen MR) is 187 cm³/mol. The number of imidazole rings is 2. The van der Waals surface area contributed by atoms with E-state index in [1.807, 2.05) is 31.1 Å². The normalized spacial score (nSPS) is 19.1. The number of likely N-dealkylation sites (tertiary alicyclic amines) is 1. The van der Waals surface area contributed by atoms with E-state index in [0.717, 1.165) is 93.2 Å². The molecule has 11 nitrogen and oxygen atoms in total. The minimum Gasteiger partial charge on any atom is -0.488 e. The predicted octanol–water partition coefficient (Wildman–Crippen LogP) is 6.65. The summed E-state index contributed by atoms with van der Waals surface area (Å²) in [7, 11) is 1.30. The van der Waals surface area contributed by atoms with Gasteiger partial charge in [0.25, 0.3) is 0 Å². The highest BCUT2D eigenvalue weighted by Crippen LogP contribution is 2.44. The summed E-state index contributed by atoms with van der Waals surface area (Å²) < 4.78 is 11.2. The first-order valence-corrected chi connectivity index (χ1v) is 17.2. The number of H-pyrrole nitrogens is 2. The Morgan fingerprint density at radius 3 is 2.47 bits per heavy atom. The van der Waals surface area contributed by atoms with Crippen LogP contribution in [0.2, 0.25) is 0 Å². The topological polar surface area (TPSA) is 137 Å². The van der Waals surface area contributed by atoms with Crippen molar-refractivity contribution < 1.29 is 19.1 Å². The maximum Gasteiger partial charge on any atom is 0.407 e. The quantitative estimate of drug-likeness (QED) is 0.154. The number of benzene rings is 3. The Balaban J connectivity index is 1.02. The van der Waals surface area contributed by atoms with Crippen LogP contribution < -0.4 is 15.4 Å². The van der Waals surface area contributed by atoms with Gasteiger partial charge in [-0.2, -0.15) is 0 Å². The SMILES string of the molecule is COC(=O)N[C@H](C(=O)N1CCC[C@H]1c1ncc(-c2ccc3c(c2)COc2c-3ccc3cc(-c4cnc([C@@H]5CCCN5)[nH]4)ccc23)[nH]1)C(C)C. The number of hydrogen-bond donors (Lipinski definition) is 4. The highest BCUT2D eigenvalue weighted by Gasteiger charge is 2.37. The van der Waals surface area contributed by atoms with Gasteiger partial charge in [-0.05, 0) is 78.4 Å². The number of ether oxygens (including phenoxy) is 2. The monoisotopic (exact) mass is 659 g/mol. The zero-order valence-corrected chi connectivity index (χ0v) is 28.0. The second-order valence-electron chi connectivity index (χ2n) is 13.6. The molecule has 5 heterocycles. The molecule has 8 rings (SSSR count). The van der Waals surface area contributed by atoms with Crippen molar-refractivity contribution in [2.24, 2.45) is 5.92 Å². The summed E-state index contributed by atoms with van der Waals surface area (Å²) in [5.41, 5.74) is 7.35. The van der Waals surface area contributed by atoms with E-state index in [-0.39, 0.29) is 17.9 Å². The van der Waals surface area contributed by atoms with E-state index >= 15 is 0 Å². The molecule has 49 heavy (non-hydrogen) atoms. The van der Waals surface area contributed by atoms with Gasteiger partial charge in [0.15, 0.2) is 0 Å². The van der Waals surface area contributed by atoms with Gasteiger partial charge in [-0.1, -0.05) is 44.2 Å². The Morgan fingerprint density at radius 2 is 1.69 bits per heavy atom. The summed E-state index contributed by atoms with van der Waals surface area (Å²) in [6.07, 6.45) is 7.10. The van der Waals surface area contributed by atoms with Crippen molar-refractivity contribution in [2.45, 2.75) is 64.3 Å². The van der Waals surface area contributed by atoms with Gasteiger partial charge >= 0.3 is 6.09 Å². The lowest BCUT2D eigenvalue weighted by Gasteiger charge is -2.30. The molecule has 0 aliphatic carbocycles. The van der Waals surface area contributed by atoms with Crippen LogP contribution in [0, 0.1) is 5.92 Å². The van der Waals surface area contributed by atoms with Crippen LogP contribution in [-0.2, 0) is 16.1 Å². The summed E-state index contributed by atoms with van der Waals surface area (Å²) >= 11 is 0. The summed E-state index contributed by atoms with van der Waals surface area (Å²) in [5.74, 6) is 2.44. The summed E-state index contributed by atoms with van der Waals surface area (Å²) in [6.45, 7) is 5.94. The molecule has 5 aromatic rings. The number of rotatable bonds is 7. The number of aromatic amines is 2. The molecule has 4 N–H and O–H groups in total. The first-order valence-electron chi connectivity index (χ1n) is 17.2. The van der Waals surface area contributed by atoms with E-state index in [2.05, 4.69) is 74.1 Å². The minimum atomic E-state index is -0.672. The number of nitrogens with zero attached hydrogens (tertiary/aromatic N) is 3. The number of alkyl carbamates (subject to hydrolysis) is 1. The molecule has 2 saturated heterocycles. The third kappa shape index (κ3) is 5.71. The van der Waals surface area contributed by atoms with Gasteiger partial charge in [0, 0.05) is 23.1 Å². The Kier molecular flexibility index (Phi) is 8.07. The molecule has 3 aliphatic heterocycles. The van der Waals surface area contributed by atoms with Crippen LogP contribution in [-0.4, -0.2) is 63.1 Å². The summed E-state index contributed by atoms with van der Waals surface area (Å²) in [4.78, 5) is 43.7. The first kappa shape index (κ1) is 31.1. The second kappa shape index (κ2) is 12.7. The third-order valence-corrected chi connectivity index (χ3v) is 10.2. The maximum absolute atomic E-state index is 13.6. The Bertz CT molecular complexity index is 2040. The van der Waals surface area contributed by atoms with Crippen molar-refractivity contribution in [1.82, 2.24) is 35.5 Å². The van der Waals surface area contributed by atoms with Crippen LogP contribution in [0.1, 0.15) is 68.8 Å². The Labute approximate surface area is 284 Å². The summed E-state index contributed by atoms with van der Waals surface area (Å²) in [6, 6.07) is 16.7. The summed E-state index contributed by atoms with van der Waals surface area (Å²) in [5, 5.41) is 8.43. The Hall–Kier alpha value is -5.16. The molecule has 3 aliphatic rings. The van der Waals surface area contributed by atoms with E-state index < -0.39 is 12.1 Å². The van der Waals surface area contributed by atoms with Crippen molar-refractivity contribution in [3.8, 4) is 39.4 Å². The number of aromatic nitrogens is 4. The van der Waals surface area contributed by atoms with Crippen LogP contribution >= 0.6 is 0 Å². The fraction of sp³-hybridized carbons (Fsp3) is 0.368. The van der Waals surface area contributed by atoms with Crippen molar-refractivity contribution in [3.05, 3.63) is 78.1 Å². The fourth-order valence-electron chi connectivity index (χ4n) is 7.55. The molecular formula is C38H41N7O4. The van der Waals surface area contributed by atoms with Crippen LogP contribution in [0.3, 0.4) is 0 Å². The van der Waals surface area contributed by atoms with Crippen LogP contribution in [0.5, 0.6) is 5.75 Å². The lowest BCUT2D eigenvalue weighted by molar-refractivity contribution is -0.135. The van der Waals surface area contributed by atoms with Crippen molar-refractivity contribution in [3.63, 3.8) is 0 Å². The van der Waals surface area contributed by atoms with Gasteiger partial charge in [0.1, 0.15) is 30.0 Å². The number of carbonyl (C=O) groups excluding carboxylic acids is 2. The first-order chi connectivity index (χ1) is 23.9. The van der Waals surface area contributed by atoms with Gasteiger partial charge in [0.2, 0.25) is 5.91 Å². The van der Waals surface area contributed by atoms with Crippen LogP contribution in [0.15, 0.2) is 60.9 Å². The number of amides is 2. The lowest BCUT2D eigenvalue weighted by Crippen LogP contribution is -2.51. The minimum absolute atomic E-state index is 0.0900. The van der Waals surface area contributed by atoms with Gasteiger partial charge in [-0.3, -0.25) is 4.79 Å². The van der Waals surface area contributed by atoms with Crippen LogP contribution in [0.25, 0.3) is 44.4 Å². The standard InChI is InChI=1S/C38H41N7O4/c1-21(2)33(44-38(47)48-3)37(46)45-15-5-7-32(45)36-41-19-31(43-36)24-9-11-26-25(17-24)20-49-34-27-12-10-23(16-22(27)8-13-28(26)34)30-18-40-35(42-30)29-6-4-14-39-29/h8-13,16-19,21,29,32-33,39H,4-7,14-15,20H2,1-3H3,(H,40,42)(H,41,43)(H,44,47)/t29-,32-,33-/m0/s1. The van der Waals surface area contributed by atoms with E-state index in [0.29, 0.717) is 19.2 Å². The number of carbonyl (C=O) groups is 2. The maximum atomic E-state index is 13.6. The van der Waals surface area contributed by atoms with E-state index in [1.54, 1.807) is 0 Å². The van der Waals surface area contributed by atoms with Gasteiger partial charge in [-0.15, -0.1) is 0 Å². The molecule has 11 heteroatoms. The molecule has 2 amide bonds. The molecule has 3 aromatic carbocycles. The largest absolute Gasteiger partial charge is 0.488 e. The molecule has 0 spiro atoms. The molecule has 0 unspecified atom stereocenters. The molecule has 0 radical (unpaired) electrons. The third-order valence-electron chi connectivity index (χ3n) is 10.2. The van der Waals surface area contributed by atoms with Crippen molar-refractivity contribution >= 4 is 22.8 Å². The lowest BCUT2D eigenvalue weighted by atomic mass is 9.92. The van der Waals surface area contributed by atoms with E-state index in [4.69, 9.17) is 14.5 Å². The average molecular weight is 660 g/mol. The van der Waals surface area contributed by atoms with Gasteiger partial charge < -0.3 is 35.0 Å². The highest BCUT2D eigenvalue weighted by molar-refractivity contribution is 5.98.